The lowest BCUT2D eigenvalue weighted by atomic mass is 10.0. The molecule has 1 fully saturated rings. The summed E-state index contributed by atoms with van der Waals surface area (Å²) in [4.78, 5) is 2.44. The van der Waals surface area contributed by atoms with Crippen molar-refractivity contribution >= 4 is 11.6 Å². The Balaban J connectivity index is 1.90. The molecule has 1 saturated heterocycles. The number of rotatable bonds is 6. The lowest BCUT2D eigenvalue weighted by Crippen LogP contribution is -2.37. The summed E-state index contributed by atoms with van der Waals surface area (Å²) in [5, 5.41) is 0.688. The molecule has 0 aliphatic carbocycles. The molecular formula is C16H25ClN2O. The van der Waals surface area contributed by atoms with E-state index >= 15 is 0 Å². The molecule has 0 radical (unpaired) electrons. The van der Waals surface area contributed by atoms with Crippen molar-refractivity contribution in [1.82, 2.24) is 4.90 Å². The molecule has 1 atom stereocenters. The maximum absolute atomic E-state index is 6.24. The van der Waals surface area contributed by atoms with Gasteiger partial charge in [0.2, 0.25) is 0 Å². The molecule has 1 unspecified atom stereocenters. The van der Waals surface area contributed by atoms with Gasteiger partial charge in [-0.1, -0.05) is 30.2 Å². The van der Waals surface area contributed by atoms with Crippen molar-refractivity contribution in [2.45, 2.75) is 38.1 Å². The second-order valence-electron chi connectivity index (χ2n) is 5.53. The molecule has 1 aromatic rings. The van der Waals surface area contributed by atoms with Crippen LogP contribution < -0.4 is 10.5 Å². The number of hydrogen-bond donors (Lipinski definition) is 1. The molecule has 0 bridgehead atoms. The van der Waals surface area contributed by atoms with Gasteiger partial charge in [-0.2, -0.15) is 0 Å². The molecule has 1 aliphatic rings. The summed E-state index contributed by atoms with van der Waals surface area (Å²) in [6.07, 6.45) is 5.79. The molecular weight excluding hydrogens is 272 g/mol. The Kier molecular flexibility index (Phi) is 6.14. The summed E-state index contributed by atoms with van der Waals surface area (Å²) in [6, 6.07) is 6.52. The van der Waals surface area contributed by atoms with E-state index in [2.05, 4.69) is 11.9 Å². The Hall–Kier alpha value is -0.770. The average Bonchev–Trinajstić information content (AvgIpc) is 2.44. The quantitative estimate of drug-likeness (QED) is 0.877. The predicted octanol–water partition coefficient (Wildman–Crippen LogP) is 3.09. The van der Waals surface area contributed by atoms with E-state index < -0.39 is 0 Å². The van der Waals surface area contributed by atoms with Crippen LogP contribution >= 0.6 is 11.6 Å². The molecule has 3 nitrogen and oxygen atoms in total. The van der Waals surface area contributed by atoms with E-state index in [4.69, 9.17) is 22.1 Å². The summed E-state index contributed by atoms with van der Waals surface area (Å²) < 4.78 is 5.96. The van der Waals surface area contributed by atoms with Gasteiger partial charge in [0.15, 0.2) is 0 Å². The van der Waals surface area contributed by atoms with Crippen LogP contribution in [0.5, 0.6) is 5.75 Å². The molecule has 4 heteroatoms. The lowest BCUT2D eigenvalue weighted by molar-refractivity contribution is 0.153. The zero-order valence-corrected chi connectivity index (χ0v) is 13.0. The molecule has 2 rings (SSSR count). The maximum atomic E-state index is 6.24. The molecule has 20 heavy (non-hydrogen) atoms. The van der Waals surface area contributed by atoms with Crippen LogP contribution in [-0.4, -0.2) is 37.7 Å². The molecule has 1 aliphatic heterocycles. The van der Waals surface area contributed by atoms with Crippen molar-refractivity contribution < 1.29 is 4.74 Å². The summed E-state index contributed by atoms with van der Waals surface area (Å²) >= 11 is 6.24. The Morgan fingerprint density at radius 3 is 3.00 bits per heavy atom. The fraction of sp³-hybridized carbons (Fsp3) is 0.625. The summed E-state index contributed by atoms with van der Waals surface area (Å²) in [6.45, 7) is 2.54. The number of piperidine rings is 1. The molecule has 112 valence electrons. The number of benzene rings is 1. The number of halogens is 1. The second-order valence-corrected chi connectivity index (χ2v) is 5.94. The van der Waals surface area contributed by atoms with Gasteiger partial charge in [0.25, 0.3) is 0 Å². The monoisotopic (exact) mass is 296 g/mol. The lowest BCUT2D eigenvalue weighted by Gasteiger charge is -2.32. The van der Waals surface area contributed by atoms with E-state index in [-0.39, 0.29) is 0 Å². The first-order valence-corrected chi connectivity index (χ1v) is 7.90. The summed E-state index contributed by atoms with van der Waals surface area (Å²) in [5.74, 6) is 0.818. The Bertz CT molecular complexity index is 425. The van der Waals surface area contributed by atoms with E-state index in [9.17, 15) is 0 Å². The number of nitrogens with two attached hydrogens (primary N) is 1. The third-order valence-corrected chi connectivity index (χ3v) is 4.38. The van der Waals surface area contributed by atoms with Crippen molar-refractivity contribution in [3.63, 3.8) is 0 Å². The van der Waals surface area contributed by atoms with Gasteiger partial charge in [0.05, 0.1) is 11.6 Å². The molecule has 0 spiro atoms. The topological polar surface area (TPSA) is 38.5 Å². The van der Waals surface area contributed by atoms with Gasteiger partial charge in [-0.05, 0) is 57.5 Å². The third kappa shape index (κ3) is 4.11. The van der Waals surface area contributed by atoms with Gasteiger partial charge in [-0.3, -0.25) is 0 Å². The van der Waals surface area contributed by atoms with E-state index in [1.165, 1.54) is 25.8 Å². The van der Waals surface area contributed by atoms with Gasteiger partial charge >= 0.3 is 0 Å². The fourth-order valence-electron chi connectivity index (χ4n) is 2.87. The molecule has 0 saturated carbocycles. The minimum atomic E-state index is 0.613. The minimum absolute atomic E-state index is 0.613. The first-order chi connectivity index (χ1) is 9.72. The predicted molar refractivity (Wildman–Crippen MR) is 84.6 cm³/mol. The highest BCUT2D eigenvalue weighted by Gasteiger charge is 2.19. The van der Waals surface area contributed by atoms with Crippen molar-refractivity contribution in [3.8, 4) is 5.75 Å². The molecule has 1 aromatic carbocycles. The Labute approximate surface area is 127 Å². The number of nitrogens with zero attached hydrogens (tertiary/aromatic N) is 1. The Morgan fingerprint density at radius 2 is 2.25 bits per heavy atom. The molecule has 0 aromatic heterocycles. The van der Waals surface area contributed by atoms with Crippen LogP contribution in [-0.2, 0) is 6.42 Å². The van der Waals surface area contributed by atoms with Crippen LogP contribution in [0.4, 0.5) is 0 Å². The van der Waals surface area contributed by atoms with E-state index in [0.717, 1.165) is 30.8 Å². The largest absolute Gasteiger partial charge is 0.492 e. The van der Waals surface area contributed by atoms with Crippen molar-refractivity contribution in [2.75, 3.05) is 26.7 Å². The standard InChI is InChI=1S/C16H25ClN2O/c1-19-11-3-2-6-14(19)9-12-20-16-13(8-10-18)5-4-7-15(16)17/h4-5,7,14H,2-3,6,8-12,18H2,1H3. The average molecular weight is 297 g/mol. The van der Waals surface area contributed by atoms with E-state index in [1.54, 1.807) is 0 Å². The number of likely N-dealkylation sites (tertiary alicyclic amines) is 1. The summed E-state index contributed by atoms with van der Waals surface area (Å²) in [5.41, 5.74) is 6.75. The van der Waals surface area contributed by atoms with Crippen LogP contribution in [0.3, 0.4) is 0 Å². The van der Waals surface area contributed by atoms with Crippen LogP contribution in [0.15, 0.2) is 18.2 Å². The number of hydrogen-bond acceptors (Lipinski definition) is 3. The van der Waals surface area contributed by atoms with Crippen LogP contribution in [0.2, 0.25) is 5.02 Å². The smallest absolute Gasteiger partial charge is 0.141 e. The van der Waals surface area contributed by atoms with Crippen molar-refractivity contribution in [2.24, 2.45) is 5.73 Å². The second kappa shape index (κ2) is 7.87. The molecule has 2 N–H and O–H groups in total. The minimum Gasteiger partial charge on any atom is -0.492 e. The summed E-state index contributed by atoms with van der Waals surface area (Å²) in [7, 11) is 2.21. The van der Waals surface area contributed by atoms with E-state index in [1.807, 2.05) is 18.2 Å². The van der Waals surface area contributed by atoms with E-state index in [0.29, 0.717) is 17.6 Å². The third-order valence-electron chi connectivity index (χ3n) is 4.08. The zero-order valence-electron chi connectivity index (χ0n) is 12.3. The van der Waals surface area contributed by atoms with Gasteiger partial charge in [-0.25, -0.2) is 0 Å². The number of ether oxygens (including phenoxy) is 1. The zero-order chi connectivity index (χ0) is 14.4. The van der Waals surface area contributed by atoms with Gasteiger partial charge in [0, 0.05) is 6.04 Å². The van der Waals surface area contributed by atoms with Crippen LogP contribution in [0.1, 0.15) is 31.2 Å². The fourth-order valence-corrected chi connectivity index (χ4v) is 3.12. The van der Waals surface area contributed by atoms with Crippen molar-refractivity contribution in [3.05, 3.63) is 28.8 Å². The highest BCUT2D eigenvalue weighted by atomic mass is 35.5. The SMILES string of the molecule is CN1CCCCC1CCOc1c(Cl)cccc1CCN. The highest BCUT2D eigenvalue weighted by molar-refractivity contribution is 6.32. The van der Waals surface area contributed by atoms with Crippen LogP contribution in [0.25, 0.3) is 0 Å². The Morgan fingerprint density at radius 1 is 1.40 bits per heavy atom. The first kappa shape index (κ1) is 15.6. The molecule has 0 amide bonds. The normalized spacial score (nSPS) is 20.1. The molecule has 1 heterocycles. The van der Waals surface area contributed by atoms with Gasteiger partial charge < -0.3 is 15.4 Å². The van der Waals surface area contributed by atoms with Crippen LogP contribution in [0, 0.1) is 0 Å². The highest BCUT2D eigenvalue weighted by Crippen LogP contribution is 2.29. The van der Waals surface area contributed by atoms with Crippen molar-refractivity contribution in [1.29, 1.82) is 0 Å². The van der Waals surface area contributed by atoms with Gasteiger partial charge in [-0.15, -0.1) is 0 Å². The first-order valence-electron chi connectivity index (χ1n) is 7.53. The maximum Gasteiger partial charge on any atom is 0.141 e. The number of para-hydroxylation sites is 1. The van der Waals surface area contributed by atoms with Gasteiger partial charge in [0.1, 0.15) is 5.75 Å².